The van der Waals surface area contributed by atoms with Crippen LogP contribution in [0.1, 0.15) is 39.7 Å². The number of hydrogen-bond donors (Lipinski definition) is 0. The van der Waals surface area contributed by atoms with Gasteiger partial charge in [0.2, 0.25) is 0 Å². The van der Waals surface area contributed by atoms with E-state index in [4.69, 9.17) is 4.42 Å². The lowest BCUT2D eigenvalue weighted by Crippen LogP contribution is -2.07. The zero-order valence-electron chi connectivity index (χ0n) is 14.7. The molecule has 3 rings (SSSR count). The molecule has 0 amide bonds. The molecule has 0 radical (unpaired) electrons. The van der Waals surface area contributed by atoms with Crippen LogP contribution in [0, 0.1) is 20.8 Å². The quantitative estimate of drug-likeness (QED) is 0.644. The van der Waals surface area contributed by atoms with Crippen LogP contribution in [-0.2, 0) is 15.6 Å². The van der Waals surface area contributed by atoms with E-state index in [0.29, 0.717) is 32.8 Å². The summed E-state index contributed by atoms with van der Waals surface area (Å²) < 4.78 is 31.3. The Hall–Kier alpha value is -2.40. The summed E-state index contributed by atoms with van der Waals surface area (Å²) in [6.07, 6.45) is 0. The van der Waals surface area contributed by atoms with Gasteiger partial charge in [-0.3, -0.25) is 4.79 Å². The van der Waals surface area contributed by atoms with Crippen molar-refractivity contribution in [1.29, 1.82) is 0 Å². The lowest BCUT2D eigenvalue weighted by Gasteiger charge is -2.09. The summed E-state index contributed by atoms with van der Waals surface area (Å²) in [6, 6.07) is 10.6. The molecule has 25 heavy (non-hydrogen) atoms. The SMILES string of the molecule is CC(=O)c1c(C)oc2ccc(CS(=O)(=O)c3cc(C)ccc3C)cc12. The van der Waals surface area contributed by atoms with Crippen molar-refractivity contribution in [3.8, 4) is 0 Å². The highest BCUT2D eigenvalue weighted by Gasteiger charge is 2.20. The van der Waals surface area contributed by atoms with Gasteiger partial charge >= 0.3 is 0 Å². The van der Waals surface area contributed by atoms with E-state index in [9.17, 15) is 13.2 Å². The summed E-state index contributed by atoms with van der Waals surface area (Å²) in [4.78, 5) is 12.2. The number of carbonyl (C=O) groups excluding carboxylic acids is 1. The van der Waals surface area contributed by atoms with Crippen molar-refractivity contribution in [3.63, 3.8) is 0 Å². The molecule has 0 saturated heterocycles. The maximum Gasteiger partial charge on any atom is 0.182 e. The molecule has 1 heterocycles. The van der Waals surface area contributed by atoms with Crippen LogP contribution >= 0.6 is 0 Å². The molecule has 0 unspecified atom stereocenters. The molecule has 3 aromatic rings. The van der Waals surface area contributed by atoms with Crippen molar-refractivity contribution in [2.24, 2.45) is 0 Å². The minimum Gasteiger partial charge on any atom is -0.461 e. The van der Waals surface area contributed by atoms with Crippen molar-refractivity contribution in [3.05, 3.63) is 64.4 Å². The van der Waals surface area contributed by atoms with Crippen LogP contribution in [0.2, 0.25) is 0 Å². The van der Waals surface area contributed by atoms with Gasteiger partial charge in [-0.1, -0.05) is 18.2 Å². The normalized spacial score (nSPS) is 11.8. The van der Waals surface area contributed by atoms with Crippen LogP contribution in [0.5, 0.6) is 0 Å². The molecule has 0 saturated carbocycles. The van der Waals surface area contributed by atoms with Gasteiger partial charge in [0, 0.05) is 5.39 Å². The predicted octanol–water partition coefficient (Wildman–Crippen LogP) is 4.53. The first-order valence-corrected chi connectivity index (χ1v) is 9.67. The molecule has 0 bridgehead atoms. The van der Waals surface area contributed by atoms with Gasteiger partial charge in [0.1, 0.15) is 11.3 Å². The number of carbonyl (C=O) groups is 1. The Balaban J connectivity index is 2.07. The first-order chi connectivity index (χ1) is 11.7. The first-order valence-electron chi connectivity index (χ1n) is 8.02. The Morgan fingerprint density at radius 3 is 2.44 bits per heavy atom. The molecule has 0 aliphatic carbocycles. The molecule has 0 aliphatic rings. The number of aryl methyl sites for hydroxylation is 3. The largest absolute Gasteiger partial charge is 0.461 e. The summed E-state index contributed by atoms with van der Waals surface area (Å²) in [6.45, 7) is 6.89. The number of ketones is 1. The molecule has 2 aromatic carbocycles. The third-order valence-electron chi connectivity index (χ3n) is 4.32. The highest BCUT2D eigenvalue weighted by Crippen LogP contribution is 2.29. The van der Waals surface area contributed by atoms with E-state index in [0.717, 1.165) is 11.1 Å². The molecule has 0 fully saturated rings. The van der Waals surface area contributed by atoms with E-state index in [1.807, 2.05) is 19.1 Å². The second-order valence-corrected chi connectivity index (χ2v) is 8.41. The van der Waals surface area contributed by atoms with Crippen LogP contribution in [0.4, 0.5) is 0 Å². The smallest absolute Gasteiger partial charge is 0.182 e. The molecular formula is C20H20O4S. The van der Waals surface area contributed by atoms with Gasteiger partial charge in [0.25, 0.3) is 0 Å². The Labute approximate surface area is 147 Å². The van der Waals surface area contributed by atoms with E-state index >= 15 is 0 Å². The first kappa shape index (κ1) is 17.4. The minimum absolute atomic E-state index is 0.0919. The summed E-state index contributed by atoms with van der Waals surface area (Å²) in [5.41, 5.74) is 3.38. The van der Waals surface area contributed by atoms with E-state index in [1.165, 1.54) is 6.92 Å². The number of fused-ring (bicyclic) bond motifs is 1. The maximum absolute atomic E-state index is 12.8. The molecule has 4 nitrogen and oxygen atoms in total. The Bertz CT molecular complexity index is 1090. The molecule has 5 heteroatoms. The van der Waals surface area contributed by atoms with Gasteiger partial charge in [0.15, 0.2) is 15.6 Å². The highest BCUT2D eigenvalue weighted by molar-refractivity contribution is 7.90. The average molecular weight is 356 g/mol. The third kappa shape index (κ3) is 3.24. The Morgan fingerprint density at radius 2 is 1.76 bits per heavy atom. The lowest BCUT2D eigenvalue weighted by atomic mass is 10.1. The minimum atomic E-state index is -3.48. The van der Waals surface area contributed by atoms with Gasteiger partial charge < -0.3 is 4.42 Å². The molecule has 0 N–H and O–H groups in total. The highest BCUT2D eigenvalue weighted by atomic mass is 32.2. The molecule has 1 aromatic heterocycles. The van der Waals surface area contributed by atoms with Crippen molar-refractivity contribution in [2.45, 2.75) is 38.3 Å². The fourth-order valence-electron chi connectivity index (χ4n) is 3.13. The number of rotatable bonds is 4. The maximum atomic E-state index is 12.8. The fourth-order valence-corrected chi connectivity index (χ4v) is 4.83. The number of sulfone groups is 1. The fraction of sp³-hybridized carbons (Fsp3) is 0.250. The van der Waals surface area contributed by atoms with Gasteiger partial charge in [-0.05, 0) is 62.6 Å². The van der Waals surface area contributed by atoms with Gasteiger partial charge in [-0.2, -0.15) is 0 Å². The number of furan rings is 1. The van der Waals surface area contributed by atoms with Crippen LogP contribution in [0.15, 0.2) is 45.7 Å². The van der Waals surface area contributed by atoms with Crippen LogP contribution in [-0.4, -0.2) is 14.2 Å². The lowest BCUT2D eigenvalue weighted by molar-refractivity contribution is 0.101. The summed E-state index contributed by atoms with van der Waals surface area (Å²) in [7, 11) is -3.48. The standard InChI is InChI=1S/C20H20O4S/c1-12-5-6-13(2)19(9-12)25(22,23)11-16-7-8-18-17(10-16)20(14(3)21)15(4)24-18/h5-10H,11H2,1-4H3. The molecule has 0 atom stereocenters. The zero-order chi connectivity index (χ0) is 18.4. The predicted molar refractivity (Wildman–Crippen MR) is 97.8 cm³/mol. The van der Waals surface area contributed by atoms with Crippen LogP contribution < -0.4 is 0 Å². The summed E-state index contributed by atoms with van der Waals surface area (Å²) in [5, 5.41) is 0.665. The molecule has 0 spiro atoms. The average Bonchev–Trinajstić information content (AvgIpc) is 2.84. The number of benzene rings is 2. The number of Topliss-reactive ketones (excluding diaryl/α,β-unsaturated/α-hetero) is 1. The summed E-state index contributed by atoms with van der Waals surface area (Å²) in [5.74, 6) is 0.345. The number of hydrogen-bond acceptors (Lipinski definition) is 4. The van der Waals surface area contributed by atoms with E-state index in [-0.39, 0.29) is 11.5 Å². The zero-order valence-corrected chi connectivity index (χ0v) is 15.5. The molecule has 0 aliphatic heterocycles. The monoisotopic (exact) mass is 356 g/mol. The third-order valence-corrected chi connectivity index (χ3v) is 6.14. The van der Waals surface area contributed by atoms with Crippen LogP contribution in [0.3, 0.4) is 0 Å². The van der Waals surface area contributed by atoms with Gasteiger partial charge in [-0.15, -0.1) is 0 Å². The van der Waals surface area contributed by atoms with Gasteiger partial charge in [0.05, 0.1) is 16.2 Å². The Kier molecular flexibility index (Phi) is 4.29. The van der Waals surface area contributed by atoms with E-state index in [2.05, 4.69) is 0 Å². The van der Waals surface area contributed by atoms with Crippen molar-refractivity contribution in [2.75, 3.05) is 0 Å². The summed E-state index contributed by atoms with van der Waals surface area (Å²) >= 11 is 0. The second kappa shape index (κ2) is 6.15. The van der Waals surface area contributed by atoms with Crippen LogP contribution in [0.25, 0.3) is 11.0 Å². The molecule has 130 valence electrons. The topological polar surface area (TPSA) is 64.3 Å². The Morgan fingerprint density at radius 1 is 1.04 bits per heavy atom. The second-order valence-electron chi connectivity index (χ2n) is 6.45. The van der Waals surface area contributed by atoms with E-state index < -0.39 is 9.84 Å². The molecular weight excluding hydrogens is 336 g/mol. The van der Waals surface area contributed by atoms with Crippen molar-refractivity contribution >= 4 is 26.6 Å². The van der Waals surface area contributed by atoms with Gasteiger partial charge in [-0.25, -0.2) is 8.42 Å². The van der Waals surface area contributed by atoms with Crippen molar-refractivity contribution < 1.29 is 17.6 Å². The van der Waals surface area contributed by atoms with E-state index in [1.54, 1.807) is 38.1 Å². The van der Waals surface area contributed by atoms with Crippen molar-refractivity contribution in [1.82, 2.24) is 0 Å².